The highest BCUT2D eigenvalue weighted by Crippen LogP contribution is 2.38. The molecule has 1 aliphatic carbocycles. The van der Waals surface area contributed by atoms with Gasteiger partial charge in [-0.3, -0.25) is 9.59 Å². The summed E-state index contributed by atoms with van der Waals surface area (Å²) in [6, 6.07) is 10.1. The number of aryl methyl sites for hydroxylation is 1. The van der Waals surface area contributed by atoms with Gasteiger partial charge in [-0.2, -0.15) is 0 Å². The standard InChI is InChI=1S/C20H32BN3O4/c22-14-6-11-17(28-21-27)24-19(26)20(12-4-5-13-20)18(25)23-15-7-10-16-8-2-1-3-9-16/h1-3,8-9,17,21,27H,4-7,10-15,22H2,(H,23,25)(H,24,26)/t17-/m1/s1. The molecule has 5 N–H and O–H groups in total. The van der Waals surface area contributed by atoms with Gasteiger partial charge in [0.25, 0.3) is 0 Å². The minimum absolute atomic E-state index is 0.211. The summed E-state index contributed by atoms with van der Waals surface area (Å²) < 4.78 is 5.18. The van der Waals surface area contributed by atoms with Crippen molar-refractivity contribution in [2.24, 2.45) is 11.1 Å². The molecule has 0 unspecified atom stereocenters. The van der Waals surface area contributed by atoms with Crippen LogP contribution in [0.5, 0.6) is 0 Å². The molecule has 154 valence electrons. The highest BCUT2D eigenvalue weighted by atomic mass is 16.5. The van der Waals surface area contributed by atoms with Crippen molar-refractivity contribution < 1.29 is 19.3 Å². The van der Waals surface area contributed by atoms with Crippen molar-refractivity contribution in [3.63, 3.8) is 0 Å². The Morgan fingerprint density at radius 2 is 1.89 bits per heavy atom. The molecule has 8 heteroatoms. The van der Waals surface area contributed by atoms with E-state index < -0.39 is 19.3 Å². The summed E-state index contributed by atoms with van der Waals surface area (Å²) in [4.78, 5) is 25.8. The third kappa shape index (κ3) is 6.33. The lowest BCUT2D eigenvalue weighted by molar-refractivity contribution is -0.145. The van der Waals surface area contributed by atoms with Gasteiger partial charge >= 0.3 is 7.69 Å². The number of hydrogen-bond acceptors (Lipinski definition) is 5. The normalized spacial score (nSPS) is 16.4. The molecule has 1 aliphatic rings. The van der Waals surface area contributed by atoms with Crippen LogP contribution in [0.1, 0.15) is 50.5 Å². The summed E-state index contributed by atoms with van der Waals surface area (Å²) in [6.45, 7) is 1.00. The predicted molar refractivity (Wildman–Crippen MR) is 109 cm³/mol. The van der Waals surface area contributed by atoms with Crippen molar-refractivity contribution in [2.45, 2.75) is 57.6 Å². The third-order valence-electron chi connectivity index (χ3n) is 5.34. The highest BCUT2D eigenvalue weighted by molar-refractivity contribution is 6.16. The van der Waals surface area contributed by atoms with E-state index >= 15 is 0 Å². The van der Waals surface area contributed by atoms with Gasteiger partial charge in [-0.1, -0.05) is 43.2 Å². The maximum atomic E-state index is 12.9. The smallest absolute Gasteiger partial charge is 0.430 e. The number of hydrogen-bond donors (Lipinski definition) is 4. The number of nitrogens with two attached hydrogens (primary N) is 1. The van der Waals surface area contributed by atoms with Crippen LogP contribution in [0.4, 0.5) is 0 Å². The van der Waals surface area contributed by atoms with Crippen molar-refractivity contribution in [1.82, 2.24) is 10.6 Å². The van der Waals surface area contributed by atoms with Gasteiger partial charge < -0.3 is 26.0 Å². The molecule has 0 bridgehead atoms. The number of benzene rings is 1. The van der Waals surface area contributed by atoms with E-state index in [2.05, 4.69) is 22.8 Å². The average molecular weight is 389 g/mol. The van der Waals surface area contributed by atoms with Crippen LogP contribution in [-0.4, -0.2) is 43.8 Å². The SMILES string of the molecule is NCCC[C@H](NC(=O)C1(C(=O)NCCCc2ccccc2)CCCC1)OBO. The summed E-state index contributed by atoms with van der Waals surface area (Å²) in [5, 5.41) is 14.8. The topological polar surface area (TPSA) is 114 Å². The molecule has 2 amide bonds. The van der Waals surface area contributed by atoms with Crippen LogP contribution >= 0.6 is 0 Å². The molecule has 2 rings (SSSR count). The molecular formula is C20H32BN3O4. The molecule has 1 aromatic rings. The lowest BCUT2D eigenvalue weighted by Gasteiger charge is -2.29. The van der Waals surface area contributed by atoms with Crippen LogP contribution in [0.25, 0.3) is 0 Å². The summed E-state index contributed by atoms with van der Waals surface area (Å²) in [6.07, 6.45) is 4.98. The predicted octanol–water partition coefficient (Wildman–Crippen LogP) is 0.752. The van der Waals surface area contributed by atoms with Crippen molar-refractivity contribution in [2.75, 3.05) is 13.1 Å². The van der Waals surface area contributed by atoms with Crippen LogP contribution in [0, 0.1) is 5.41 Å². The number of rotatable bonds is 12. The van der Waals surface area contributed by atoms with Crippen LogP contribution in [0.15, 0.2) is 30.3 Å². The van der Waals surface area contributed by atoms with Gasteiger partial charge in [0.1, 0.15) is 11.6 Å². The zero-order valence-electron chi connectivity index (χ0n) is 16.5. The van der Waals surface area contributed by atoms with E-state index in [1.54, 1.807) is 0 Å². The fourth-order valence-electron chi connectivity index (χ4n) is 3.72. The molecule has 0 heterocycles. The summed E-state index contributed by atoms with van der Waals surface area (Å²) in [7, 11) is -0.492. The Balaban J connectivity index is 1.89. The quantitative estimate of drug-likeness (QED) is 0.182. The van der Waals surface area contributed by atoms with Crippen LogP contribution < -0.4 is 16.4 Å². The number of nitrogens with one attached hydrogen (secondary N) is 2. The lowest BCUT2D eigenvalue weighted by atomic mass is 9.83. The molecule has 0 radical (unpaired) electrons. The lowest BCUT2D eigenvalue weighted by Crippen LogP contribution is -2.53. The minimum Gasteiger partial charge on any atom is -0.430 e. The summed E-state index contributed by atoms with van der Waals surface area (Å²) in [5.41, 5.74) is 5.70. The van der Waals surface area contributed by atoms with Gasteiger partial charge in [0, 0.05) is 6.54 Å². The maximum Gasteiger partial charge on any atom is 0.436 e. The molecule has 0 saturated heterocycles. The fourth-order valence-corrected chi connectivity index (χ4v) is 3.72. The molecule has 1 atom stereocenters. The van der Waals surface area contributed by atoms with Crippen LogP contribution in [0.3, 0.4) is 0 Å². The van der Waals surface area contributed by atoms with Gasteiger partial charge in [0.05, 0.1) is 0 Å². The van der Waals surface area contributed by atoms with Gasteiger partial charge in [0.2, 0.25) is 11.8 Å². The number of carbonyl (C=O) groups excluding carboxylic acids is 2. The molecule has 1 saturated carbocycles. The maximum absolute atomic E-state index is 12.9. The zero-order chi connectivity index (χ0) is 20.2. The second-order valence-corrected chi connectivity index (χ2v) is 7.32. The Morgan fingerprint density at radius 3 is 2.54 bits per heavy atom. The van der Waals surface area contributed by atoms with E-state index in [1.807, 2.05) is 18.2 Å². The Labute approximate surface area is 167 Å². The second-order valence-electron chi connectivity index (χ2n) is 7.32. The van der Waals surface area contributed by atoms with Gasteiger partial charge in [-0.05, 0) is 50.6 Å². The first kappa shape index (κ1) is 22.4. The highest BCUT2D eigenvalue weighted by Gasteiger charge is 2.48. The molecule has 0 spiro atoms. The Hall–Kier alpha value is -1.90. The van der Waals surface area contributed by atoms with Crippen LogP contribution in [0.2, 0.25) is 0 Å². The molecule has 7 nitrogen and oxygen atoms in total. The number of carbonyl (C=O) groups is 2. The van der Waals surface area contributed by atoms with Gasteiger partial charge in [-0.25, -0.2) is 0 Å². The average Bonchev–Trinajstić information content (AvgIpc) is 3.21. The minimum atomic E-state index is -1.05. The van der Waals surface area contributed by atoms with Crippen molar-refractivity contribution in [3.8, 4) is 0 Å². The van der Waals surface area contributed by atoms with E-state index in [4.69, 9.17) is 15.4 Å². The summed E-state index contributed by atoms with van der Waals surface area (Å²) in [5.74, 6) is -0.529. The molecule has 0 aliphatic heterocycles. The van der Waals surface area contributed by atoms with Crippen LogP contribution in [-0.2, 0) is 20.7 Å². The zero-order valence-corrected chi connectivity index (χ0v) is 16.5. The fraction of sp³-hybridized carbons (Fsp3) is 0.600. The molecule has 28 heavy (non-hydrogen) atoms. The Morgan fingerprint density at radius 1 is 1.18 bits per heavy atom. The monoisotopic (exact) mass is 389 g/mol. The third-order valence-corrected chi connectivity index (χ3v) is 5.34. The molecule has 1 fully saturated rings. The summed E-state index contributed by atoms with van der Waals surface area (Å²) >= 11 is 0. The van der Waals surface area contributed by atoms with E-state index in [9.17, 15) is 9.59 Å². The van der Waals surface area contributed by atoms with E-state index in [0.717, 1.165) is 25.7 Å². The molecule has 0 aromatic heterocycles. The van der Waals surface area contributed by atoms with Gasteiger partial charge in [0.15, 0.2) is 0 Å². The van der Waals surface area contributed by atoms with Crippen molar-refractivity contribution >= 4 is 19.5 Å². The second kappa shape index (κ2) is 11.8. The van der Waals surface area contributed by atoms with Crippen molar-refractivity contribution in [1.29, 1.82) is 0 Å². The van der Waals surface area contributed by atoms with Gasteiger partial charge in [-0.15, -0.1) is 0 Å². The molecular weight excluding hydrogens is 357 g/mol. The first-order valence-electron chi connectivity index (χ1n) is 10.2. The van der Waals surface area contributed by atoms with E-state index in [0.29, 0.717) is 38.8 Å². The van der Waals surface area contributed by atoms with Crippen molar-refractivity contribution in [3.05, 3.63) is 35.9 Å². The first-order chi connectivity index (χ1) is 13.6. The largest absolute Gasteiger partial charge is 0.436 e. The van der Waals surface area contributed by atoms with E-state index in [1.165, 1.54) is 5.56 Å². The Kier molecular flexibility index (Phi) is 9.47. The number of amides is 2. The molecule has 1 aromatic carbocycles. The van der Waals surface area contributed by atoms with E-state index in [-0.39, 0.29) is 11.8 Å². The first-order valence-corrected chi connectivity index (χ1v) is 10.2. The Bertz CT molecular complexity index is 609.